The van der Waals surface area contributed by atoms with Crippen molar-refractivity contribution < 1.29 is 38.0 Å². The maximum atomic E-state index is 12.0. The first-order valence-electron chi connectivity index (χ1n) is 23.3. The Labute approximate surface area is 376 Å². The lowest BCUT2D eigenvalue weighted by Gasteiger charge is -2.08. The minimum absolute atomic E-state index is 0.328. The Morgan fingerprint density at radius 3 is 1.00 bits per heavy atom. The van der Waals surface area contributed by atoms with Crippen LogP contribution in [0.4, 0.5) is 11.4 Å². The summed E-state index contributed by atoms with van der Waals surface area (Å²) in [5.41, 5.74) is 3.79. The SMILES string of the molecule is CCCCOc1ccc(N=Cc2ccc(OCCCCCCCCOC(=O)CC(=O)OCCCCCCCCOc3ccc(C=Nc4ccc(OCCCC)cc4)cc3)cc2)cc1. The van der Waals surface area contributed by atoms with Crippen molar-refractivity contribution in [1.29, 1.82) is 0 Å². The first kappa shape index (κ1) is 50.0. The van der Waals surface area contributed by atoms with Crippen molar-refractivity contribution in [1.82, 2.24) is 0 Å². The molecule has 0 aliphatic heterocycles. The van der Waals surface area contributed by atoms with Crippen LogP contribution in [0.25, 0.3) is 0 Å². The van der Waals surface area contributed by atoms with Gasteiger partial charge in [-0.15, -0.1) is 0 Å². The highest BCUT2D eigenvalue weighted by Crippen LogP contribution is 2.21. The summed E-state index contributed by atoms with van der Waals surface area (Å²) in [5.74, 6) is 2.41. The van der Waals surface area contributed by atoms with E-state index in [2.05, 4.69) is 23.8 Å². The predicted octanol–water partition coefficient (Wildman–Crippen LogP) is 13.2. The van der Waals surface area contributed by atoms with Gasteiger partial charge in [-0.2, -0.15) is 0 Å². The fraction of sp³-hybridized carbons (Fsp3) is 0.472. The number of esters is 2. The first-order valence-corrected chi connectivity index (χ1v) is 23.3. The van der Waals surface area contributed by atoms with E-state index in [1.54, 1.807) is 0 Å². The normalized spacial score (nSPS) is 11.2. The topological polar surface area (TPSA) is 114 Å². The Kier molecular flexibility index (Phi) is 25.5. The molecule has 0 aliphatic carbocycles. The Morgan fingerprint density at radius 1 is 0.381 bits per heavy atom. The molecule has 4 aromatic rings. The molecule has 0 heterocycles. The summed E-state index contributed by atoms with van der Waals surface area (Å²) >= 11 is 0. The molecule has 0 bridgehead atoms. The number of unbranched alkanes of at least 4 members (excludes halogenated alkanes) is 12. The molecule has 10 nitrogen and oxygen atoms in total. The third-order valence-electron chi connectivity index (χ3n) is 10.1. The lowest BCUT2D eigenvalue weighted by molar-refractivity contribution is -0.154. The minimum atomic E-state index is -0.520. The highest BCUT2D eigenvalue weighted by atomic mass is 16.6. The molecule has 0 radical (unpaired) electrons. The molecule has 0 spiro atoms. The standard InChI is InChI=1S/C53H70N2O8/c1-3-5-35-58-50-31-23-46(24-32-50)54-42-44-19-27-48(28-20-44)60-37-15-11-7-9-13-17-39-62-52(56)41-53(57)63-40-18-14-10-8-12-16-38-61-49-29-21-45(22-30-49)43-55-47-25-33-51(34-26-47)59-36-6-4-2/h19-34,42-43H,3-18,35-41H2,1-2H3. The van der Waals surface area contributed by atoms with Crippen LogP contribution in [-0.4, -0.2) is 64.0 Å². The summed E-state index contributed by atoms with van der Waals surface area (Å²) in [5, 5.41) is 0. The van der Waals surface area contributed by atoms with Gasteiger partial charge >= 0.3 is 11.9 Å². The van der Waals surface area contributed by atoms with Crippen molar-refractivity contribution in [3.63, 3.8) is 0 Å². The first-order chi connectivity index (χ1) is 31.0. The highest BCUT2D eigenvalue weighted by molar-refractivity contribution is 5.91. The molecule has 0 aliphatic rings. The average molecular weight is 863 g/mol. The molecule has 10 heteroatoms. The summed E-state index contributed by atoms with van der Waals surface area (Å²) in [6.45, 7) is 7.78. The molecule has 0 atom stereocenters. The van der Waals surface area contributed by atoms with Crippen LogP contribution in [0.3, 0.4) is 0 Å². The van der Waals surface area contributed by atoms with E-state index in [4.69, 9.17) is 28.4 Å². The van der Waals surface area contributed by atoms with Crippen molar-refractivity contribution in [2.75, 3.05) is 39.6 Å². The van der Waals surface area contributed by atoms with Gasteiger partial charge in [-0.1, -0.05) is 78.1 Å². The van der Waals surface area contributed by atoms with Crippen LogP contribution >= 0.6 is 0 Å². The van der Waals surface area contributed by atoms with Crippen LogP contribution in [0, 0.1) is 0 Å². The zero-order valence-electron chi connectivity index (χ0n) is 37.8. The molecule has 0 saturated heterocycles. The van der Waals surface area contributed by atoms with Gasteiger partial charge in [0.2, 0.25) is 0 Å². The molecule has 0 amide bonds. The third-order valence-corrected chi connectivity index (χ3v) is 10.1. The maximum Gasteiger partial charge on any atom is 0.317 e. The maximum absolute atomic E-state index is 12.0. The van der Waals surface area contributed by atoms with Gasteiger partial charge in [0.1, 0.15) is 29.4 Å². The Balaban J connectivity index is 0.889. The monoisotopic (exact) mass is 863 g/mol. The van der Waals surface area contributed by atoms with E-state index in [1.165, 1.54) is 0 Å². The minimum Gasteiger partial charge on any atom is -0.494 e. The lowest BCUT2D eigenvalue weighted by Crippen LogP contribution is -2.15. The molecule has 63 heavy (non-hydrogen) atoms. The predicted molar refractivity (Wildman–Crippen MR) is 254 cm³/mol. The Hall–Kier alpha value is -5.64. The zero-order chi connectivity index (χ0) is 44.4. The van der Waals surface area contributed by atoms with Crippen LogP contribution in [0.2, 0.25) is 0 Å². The van der Waals surface area contributed by atoms with E-state index in [1.807, 2.05) is 109 Å². The molecule has 4 aromatic carbocycles. The molecular weight excluding hydrogens is 793 g/mol. The van der Waals surface area contributed by atoms with Gasteiger partial charge in [-0.25, -0.2) is 0 Å². The summed E-state index contributed by atoms with van der Waals surface area (Å²) in [6, 6.07) is 31.6. The quantitative estimate of drug-likeness (QED) is 0.0197. The number of aliphatic imine (C=N–C) groups is 2. The van der Waals surface area contributed by atoms with Crippen molar-refractivity contribution in [3.8, 4) is 23.0 Å². The number of ether oxygens (including phenoxy) is 6. The second-order valence-electron chi connectivity index (χ2n) is 15.6. The molecular formula is C53H70N2O8. The Bertz CT molecular complexity index is 1720. The molecule has 0 unspecified atom stereocenters. The number of hydrogen-bond acceptors (Lipinski definition) is 10. The molecule has 0 N–H and O–H groups in total. The smallest absolute Gasteiger partial charge is 0.317 e. The third kappa shape index (κ3) is 23.4. The highest BCUT2D eigenvalue weighted by Gasteiger charge is 2.12. The Morgan fingerprint density at radius 2 is 0.667 bits per heavy atom. The molecule has 0 saturated carbocycles. The van der Waals surface area contributed by atoms with Crippen molar-refractivity contribution in [3.05, 3.63) is 108 Å². The van der Waals surface area contributed by atoms with Crippen LogP contribution in [0.5, 0.6) is 23.0 Å². The lowest BCUT2D eigenvalue weighted by atomic mass is 10.1. The van der Waals surface area contributed by atoms with Gasteiger partial charge in [0.05, 0.1) is 51.0 Å². The van der Waals surface area contributed by atoms with E-state index >= 15 is 0 Å². The van der Waals surface area contributed by atoms with Crippen LogP contribution < -0.4 is 18.9 Å². The van der Waals surface area contributed by atoms with E-state index < -0.39 is 11.9 Å². The van der Waals surface area contributed by atoms with Crippen LogP contribution in [0.1, 0.15) is 134 Å². The summed E-state index contributed by atoms with van der Waals surface area (Å²) in [7, 11) is 0. The van der Waals surface area contributed by atoms with Gasteiger partial charge in [0.25, 0.3) is 0 Å². The van der Waals surface area contributed by atoms with Gasteiger partial charge in [0, 0.05) is 12.4 Å². The summed E-state index contributed by atoms with van der Waals surface area (Å²) < 4.78 is 33.7. The largest absolute Gasteiger partial charge is 0.494 e. The molecule has 0 fully saturated rings. The van der Waals surface area contributed by atoms with E-state index in [0.717, 1.165) is 161 Å². The van der Waals surface area contributed by atoms with Crippen molar-refractivity contribution in [2.24, 2.45) is 9.98 Å². The summed E-state index contributed by atoms with van der Waals surface area (Å²) in [4.78, 5) is 33.2. The number of hydrogen-bond donors (Lipinski definition) is 0. The number of carbonyl (C=O) groups excluding carboxylic acids is 2. The fourth-order valence-electron chi connectivity index (χ4n) is 6.32. The second kappa shape index (κ2) is 32.1. The van der Waals surface area contributed by atoms with E-state index in [0.29, 0.717) is 26.4 Å². The van der Waals surface area contributed by atoms with Crippen LogP contribution in [-0.2, 0) is 19.1 Å². The fourth-order valence-corrected chi connectivity index (χ4v) is 6.32. The van der Waals surface area contributed by atoms with Gasteiger partial charge < -0.3 is 28.4 Å². The van der Waals surface area contributed by atoms with Crippen molar-refractivity contribution in [2.45, 2.75) is 123 Å². The molecule has 4 rings (SSSR count). The number of benzene rings is 4. The zero-order valence-corrected chi connectivity index (χ0v) is 37.8. The van der Waals surface area contributed by atoms with Crippen LogP contribution in [0.15, 0.2) is 107 Å². The summed E-state index contributed by atoms with van der Waals surface area (Å²) in [6.07, 6.45) is 19.7. The van der Waals surface area contributed by atoms with Gasteiger partial charge in [-0.3, -0.25) is 19.6 Å². The number of carbonyl (C=O) groups is 2. The second-order valence-corrected chi connectivity index (χ2v) is 15.6. The average Bonchev–Trinajstić information content (AvgIpc) is 3.30. The molecule has 340 valence electrons. The number of rotatable bonds is 34. The van der Waals surface area contributed by atoms with Gasteiger partial charge in [-0.05, 0) is 147 Å². The van der Waals surface area contributed by atoms with Crippen molar-refractivity contribution >= 4 is 35.7 Å². The van der Waals surface area contributed by atoms with E-state index in [-0.39, 0.29) is 6.42 Å². The van der Waals surface area contributed by atoms with Gasteiger partial charge in [0.15, 0.2) is 0 Å². The number of nitrogens with zero attached hydrogens (tertiary/aromatic N) is 2. The molecule has 0 aromatic heterocycles. The van der Waals surface area contributed by atoms with E-state index in [9.17, 15) is 9.59 Å².